The van der Waals surface area contributed by atoms with Gasteiger partial charge in [-0.05, 0) is 12.1 Å². The van der Waals surface area contributed by atoms with Crippen molar-refractivity contribution in [1.82, 2.24) is 0 Å². The standard InChI is InChI=1S/C9H11NO2.2ClH.Cu/c10-9(12-7-6-11)8-4-2-1-3-5-8;;;/h1-5,10-11H,6-7H2;2*1H;/q;;;+2/p-2. The van der Waals surface area contributed by atoms with E-state index < -0.39 is 0 Å². The molecule has 0 unspecified atom stereocenters. The molecule has 0 amide bonds. The van der Waals surface area contributed by atoms with E-state index in [4.69, 9.17) is 15.3 Å². The molecule has 3 nitrogen and oxygen atoms in total. The summed E-state index contributed by atoms with van der Waals surface area (Å²) in [7, 11) is 9.34. The maximum absolute atomic E-state index is 8.44. The van der Waals surface area contributed by atoms with Crippen LogP contribution in [0, 0.1) is 5.41 Å². The zero-order chi connectivity index (χ0) is 11.5. The minimum absolute atomic E-state index is 0.0603. The SMILES string of the molecule is N=C(OCCO)c1ccccc1.[Cl][Cu][Cl]. The Bertz CT molecular complexity index is 272. The molecule has 0 spiro atoms. The number of rotatable bonds is 3. The molecule has 15 heavy (non-hydrogen) atoms. The van der Waals surface area contributed by atoms with Gasteiger partial charge in [-0.3, -0.25) is 5.41 Å². The van der Waals surface area contributed by atoms with E-state index in [2.05, 4.69) is 20.2 Å². The summed E-state index contributed by atoms with van der Waals surface area (Å²) in [5.41, 5.74) is 0.728. The van der Waals surface area contributed by atoms with Crippen molar-refractivity contribution in [1.29, 1.82) is 5.41 Å². The van der Waals surface area contributed by atoms with Crippen molar-refractivity contribution >= 4 is 26.1 Å². The zero-order valence-electron chi connectivity index (χ0n) is 7.71. The predicted molar refractivity (Wildman–Crippen MR) is 58.0 cm³/mol. The van der Waals surface area contributed by atoms with Crippen LogP contribution in [0.15, 0.2) is 30.3 Å². The number of hydrogen-bond acceptors (Lipinski definition) is 3. The Kier molecular flexibility index (Phi) is 10.1. The van der Waals surface area contributed by atoms with Crippen molar-refractivity contribution in [3.05, 3.63) is 35.9 Å². The first-order valence-corrected chi connectivity index (χ1v) is 6.54. The molecule has 0 aliphatic carbocycles. The molecule has 0 saturated carbocycles. The molecule has 1 aromatic rings. The van der Waals surface area contributed by atoms with Gasteiger partial charge < -0.3 is 9.84 Å². The van der Waals surface area contributed by atoms with Crippen LogP contribution in [-0.2, 0) is 17.9 Å². The monoisotopic (exact) mass is 298 g/mol. The van der Waals surface area contributed by atoms with E-state index in [1.807, 2.05) is 18.2 Å². The third-order valence-electron chi connectivity index (χ3n) is 1.37. The van der Waals surface area contributed by atoms with Gasteiger partial charge in [0, 0.05) is 5.56 Å². The number of benzene rings is 1. The Morgan fingerprint density at radius 1 is 1.33 bits per heavy atom. The van der Waals surface area contributed by atoms with Gasteiger partial charge in [-0.15, -0.1) is 0 Å². The van der Waals surface area contributed by atoms with E-state index in [1.54, 1.807) is 12.1 Å². The molecule has 1 rings (SSSR count). The Labute approximate surface area is 103 Å². The van der Waals surface area contributed by atoms with Gasteiger partial charge in [-0.25, -0.2) is 0 Å². The van der Waals surface area contributed by atoms with Gasteiger partial charge in [0.25, 0.3) is 0 Å². The second kappa shape index (κ2) is 10.3. The predicted octanol–water partition coefficient (Wildman–Crippen LogP) is 2.40. The molecule has 2 N–H and O–H groups in total. The minimum atomic E-state index is -0.0603. The molecule has 0 radical (unpaired) electrons. The van der Waals surface area contributed by atoms with Crippen LogP contribution in [0.25, 0.3) is 0 Å². The Morgan fingerprint density at radius 2 is 1.87 bits per heavy atom. The molecule has 0 aromatic heterocycles. The van der Waals surface area contributed by atoms with Crippen molar-refractivity contribution in [2.45, 2.75) is 0 Å². The van der Waals surface area contributed by atoms with Crippen LogP contribution < -0.4 is 0 Å². The molecule has 1 aromatic carbocycles. The molecular weight excluding hydrogens is 289 g/mol. The molecular formula is C9H11Cl2CuNO2. The topological polar surface area (TPSA) is 53.3 Å². The van der Waals surface area contributed by atoms with Gasteiger partial charge in [-0.2, -0.15) is 0 Å². The first-order valence-electron chi connectivity index (χ1n) is 3.95. The van der Waals surface area contributed by atoms with Gasteiger partial charge in [0.05, 0.1) is 6.61 Å². The summed E-state index contributed by atoms with van der Waals surface area (Å²) < 4.78 is 4.91. The van der Waals surface area contributed by atoms with Crippen molar-refractivity contribution in [2.24, 2.45) is 0 Å². The number of aliphatic hydroxyl groups is 1. The van der Waals surface area contributed by atoms with Crippen LogP contribution in [0.4, 0.5) is 0 Å². The quantitative estimate of drug-likeness (QED) is 0.511. The van der Waals surface area contributed by atoms with Gasteiger partial charge in [0.1, 0.15) is 6.61 Å². The summed E-state index contributed by atoms with van der Waals surface area (Å²) >= 11 is 0.757. The molecule has 89 valence electrons. The third-order valence-corrected chi connectivity index (χ3v) is 1.37. The van der Waals surface area contributed by atoms with Crippen molar-refractivity contribution in [3.8, 4) is 0 Å². The fourth-order valence-electron chi connectivity index (χ4n) is 0.821. The molecule has 0 aliphatic rings. The van der Waals surface area contributed by atoms with Crippen LogP contribution in [0.3, 0.4) is 0 Å². The van der Waals surface area contributed by atoms with E-state index in [9.17, 15) is 0 Å². The Hall–Kier alpha value is -0.251. The average Bonchev–Trinajstić information content (AvgIpc) is 2.28. The summed E-state index contributed by atoms with van der Waals surface area (Å²) in [4.78, 5) is 0. The molecule has 0 heterocycles. The Morgan fingerprint density at radius 3 is 2.33 bits per heavy atom. The van der Waals surface area contributed by atoms with Gasteiger partial charge >= 0.3 is 33.3 Å². The van der Waals surface area contributed by atoms with Gasteiger partial charge in [0.15, 0.2) is 0 Å². The normalized spacial score (nSPS) is 9.00. The number of halogens is 2. The van der Waals surface area contributed by atoms with Crippen LogP contribution in [-0.4, -0.2) is 24.2 Å². The zero-order valence-corrected chi connectivity index (χ0v) is 10.2. The van der Waals surface area contributed by atoms with E-state index >= 15 is 0 Å². The number of ether oxygens (including phenoxy) is 1. The summed E-state index contributed by atoms with van der Waals surface area (Å²) in [6.45, 7) is 0.114. The molecule has 0 atom stereocenters. The number of nitrogens with one attached hydrogen (secondary N) is 1. The molecule has 0 fully saturated rings. The second-order valence-electron chi connectivity index (χ2n) is 2.31. The van der Waals surface area contributed by atoms with E-state index in [-0.39, 0.29) is 19.1 Å². The summed E-state index contributed by atoms with van der Waals surface area (Å²) in [5.74, 6) is 0.102. The van der Waals surface area contributed by atoms with Crippen LogP contribution >= 0.6 is 20.2 Å². The first-order chi connectivity index (χ1) is 7.26. The van der Waals surface area contributed by atoms with E-state index in [0.29, 0.717) is 0 Å². The van der Waals surface area contributed by atoms with Gasteiger partial charge in [-0.1, -0.05) is 18.2 Å². The summed E-state index contributed by atoms with van der Waals surface area (Å²) in [6, 6.07) is 9.14. The van der Waals surface area contributed by atoms with Gasteiger partial charge in [0.2, 0.25) is 5.90 Å². The van der Waals surface area contributed by atoms with E-state index in [1.165, 1.54) is 0 Å². The number of hydrogen-bond donors (Lipinski definition) is 2. The average molecular weight is 300 g/mol. The first kappa shape index (κ1) is 14.7. The van der Waals surface area contributed by atoms with Crippen molar-refractivity contribution in [3.63, 3.8) is 0 Å². The fourth-order valence-corrected chi connectivity index (χ4v) is 0.821. The third kappa shape index (κ3) is 7.65. The molecule has 6 heteroatoms. The van der Waals surface area contributed by atoms with Crippen molar-refractivity contribution in [2.75, 3.05) is 13.2 Å². The van der Waals surface area contributed by atoms with Crippen molar-refractivity contribution < 1.29 is 23.0 Å². The Balaban J connectivity index is 0.000000583. The van der Waals surface area contributed by atoms with Crippen LogP contribution in [0.2, 0.25) is 0 Å². The summed E-state index contributed by atoms with van der Waals surface area (Å²) in [5, 5.41) is 15.8. The second-order valence-corrected chi connectivity index (χ2v) is 3.87. The maximum atomic E-state index is 8.44. The van der Waals surface area contributed by atoms with E-state index in [0.717, 1.165) is 18.7 Å². The molecule has 0 aliphatic heterocycles. The summed E-state index contributed by atoms with van der Waals surface area (Å²) in [6.07, 6.45) is 0. The van der Waals surface area contributed by atoms with Crippen LogP contribution in [0.5, 0.6) is 0 Å². The fraction of sp³-hybridized carbons (Fsp3) is 0.222. The molecule has 0 bridgehead atoms. The number of aliphatic hydroxyl groups excluding tert-OH is 1. The van der Waals surface area contributed by atoms with Crippen LogP contribution in [0.1, 0.15) is 5.56 Å². The molecule has 0 saturated heterocycles.